The number of phenolic OH excluding ortho intramolecular Hbond substituents is 1. The maximum absolute atomic E-state index is 14.0. The average Bonchev–Trinajstić information content (AvgIpc) is 3.60. The minimum atomic E-state index is -3.11. The Morgan fingerprint density at radius 2 is 1.58 bits per heavy atom. The van der Waals surface area contributed by atoms with Gasteiger partial charge in [0.05, 0.1) is 23.1 Å². The van der Waals surface area contributed by atoms with Gasteiger partial charge in [-0.05, 0) is 105 Å². The molecule has 0 fully saturated rings. The van der Waals surface area contributed by atoms with Crippen LogP contribution in [0.4, 0.5) is 26.3 Å². The van der Waals surface area contributed by atoms with E-state index in [1.54, 1.807) is 36.6 Å². The number of benzene rings is 3. The van der Waals surface area contributed by atoms with Crippen molar-refractivity contribution in [2.45, 2.75) is 120 Å². The van der Waals surface area contributed by atoms with E-state index in [1.165, 1.54) is 25.5 Å². The van der Waals surface area contributed by atoms with Gasteiger partial charge in [-0.1, -0.05) is 73.1 Å². The van der Waals surface area contributed by atoms with Gasteiger partial charge in [-0.3, -0.25) is 14.0 Å². The van der Waals surface area contributed by atoms with Crippen LogP contribution >= 0.6 is 0 Å². The van der Waals surface area contributed by atoms with Gasteiger partial charge in [0.25, 0.3) is 17.9 Å². The van der Waals surface area contributed by atoms with Crippen molar-refractivity contribution in [3.05, 3.63) is 128 Å². The minimum absolute atomic E-state index is 0.00347. The highest BCUT2D eigenvalue weighted by Crippen LogP contribution is 2.48. The number of rotatable bonds is 8. The first-order valence-electron chi connectivity index (χ1n) is 19.4. The van der Waals surface area contributed by atoms with Crippen molar-refractivity contribution in [1.82, 2.24) is 19.3 Å². The van der Waals surface area contributed by atoms with Crippen molar-refractivity contribution >= 4 is 10.9 Å². The van der Waals surface area contributed by atoms with E-state index in [2.05, 4.69) is 25.5 Å². The lowest BCUT2D eigenvalue weighted by molar-refractivity contribution is -0.0528. The van der Waals surface area contributed by atoms with Gasteiger partial charge in [-0.25, -0.2) is 22.5 Å². The number of aromatic hydroxyl groups is 1. The van der Waals surface area contributed by atoms with Crippen molar-refractivity contribution < 1.29 is 31.4 Å². The lowest BCUT2D eigenvalue weighted by atomic mass is 9.87. The molecule has 6 nitrogen and oxygen atoms in total. The van der Waals surface area contributed by atoms with E-state index >= 15 is 0 Å². The van der Waals surface area contributed by atoms with Crippen LogP contribution in [0.5, 0.6) is 5.75 Å². The number of allylic oxidation sites excluding steroid dienone is 1. The Morgan fingerprint density at radius 3 is 2.12 bits per heavy atom. The molecule has 0 saturated heterocycles. The summed E-state index contributed by atoms with van der Waals surface area (Å²) < 4.78 is 84.0. The molecule has 3 aromatic carbocycles. The minimum Gasteiger partial charge on any atom is -0.508 e. The van der Waals surface area contributed by atoms with Gasteiger partial charge < -0.3 is 5.11 Å². The topological polar surface area (TPSA) is 72.9 Å². The number of alkyl halides is 4. The number of hydrogen-bond acceptors (Lipinski definition) is 4. The van der Waals surface area contributed by atoms with Crippen LogP contribution in [0.3, 0.4) is 0 Å². The third kappa shape index (κ3) is 10.4. The summed E-state index contributed by atoms with van der Waals surface area (Å²) in [4.78, 5) is 18.8. The summed E-state index contributed by atoms with van der Waals surface area (Å²) in [6.45, 7) is 24.5. The van der Waals surface area contributed by atoms with Crippen LogP contribution in [-0.4, -0.2) is 24.4 Å². The van der Waals surface area contributed by atoms with E-state index < -0.39 is 35.6 Å². The van der Waals surface area contributed by atoms with Crippen LogP contribution in [0.1, 0.15) is 119 Å². The van der Waals surface area contributed by atoms with Crippen molar-refractivity contribution in [2.75, 3.05) is 0 Å². The third-order valence-corrected chi connectivity index (χ3v) is 9.69. The number of aryl methyl sites for hydroxylation is 1. The highest BCUT2D eigenvalue weighted by Gasteiger charge is 2.51. The van der Waals surface area contributed by atoms with Crippen molar-refractivity contribution in [3.63, 3.8) is 0 Å². The molecule has 2 aromatic heterocycles. The quantitative estimate of drug-likeness (QED) is 0.125. The molecule has 0 bridgehead atoms. The smallest absolute Gasteiger partial charge is 0.292 e. The van der Waals surface area contributed by atoms with E-state index in [9.17, 15) is 36.2 Å². The molecule has 0 saturated carbocycles. The van der Waals surface area contributed by atoms with Crippen LogP contribution in [0.25, 0.3) is 16.6 Å². The van der Waals surface area contributed by atoms with E-state index in [-0.39, 0.29) is 47.4 Å². The first-order valence-corrected chi connectivity index (χ1v) is 19.4. The highest BCUT2D eigenvalue weighted by atomic mass is 19.3. The standard InChI is InChI=1S/C28H28F2N2O2.C12H14F4N2.C3H8.C2H6/c1-15(2)23(13-19-11-20(29)14-21(30)12-19)27-31-24-10-16(3)6-7-22(24)28(34)32(27)25-8-9-26(33)18(5)17(25)4;1-6(2)5-18-10-8(9(17-18)11(13)14)4-7(3)12(10,15)16;1-3-2;1-2/h6-12,14-15,23,33H,13H2,1-5H3;7,11H,1,4-5H2,2-3H3;3H2,1-2H3;1-2H3. The normalized spacial score (nSPS) is 14.6. The van der Waals surface area contributed by atoms with E-state index in [0.717, 1.165) is 21.9 Å². The van der Waals surface area contributed by atoms with Gasteiger partial charge in [-0.15, -0.1) is 0 Å². The van der Waals surface area contributed by atoms with Gasteiger partial charge >= 0.3 is 0 Å². The molecule has 0 amide bonds. The predicted octanol–water partition coefficient (Wildman–Crippen LogP) is 12.4. The zero-order valence-corrected chi connectivity index (χ0v) is 34.9. The molecule has 310 valence electrons. The number of hydrogen-bond donors (Lipinski definition) is 1. The Kier molecular flexibility index (Phi) is 15.9. The number of nitrogens with zero attached hydrogens (tertiary/aromatic N) is 4. The van der Waals surface area contributed by atoms with Crippen molar-refractivity contribution in [1.29, 1.82) is 0 Å². The number of halogens is 6. The summed E-state index contributed by atoms with van der Waals surface area (Å²) in [7, 11) is 0. The Morgan fingerprint density at radius 1 is 0.982 bits per heavy atom. The fourth-order valence-corrected chi connectivity index (χ4v) is 6.74. The van der Waals surface area contributed by atoms with Gasteiger partial charge in [-0.2, -0.15) is 13.9 Å². The molecule has 1 aliphatic rings. The van der Waals surface area contributed by atoms with Crippen molar-refractivity contribution in [2.24, 2.45) is 11.8 Å². The maximum Gasteiger partial charge on any atom is 0.292 e. The third-order valence-electron chi connectivity index (χ3n) is 9.69. The number of aromatic nitrogens is 4. The van der Waals surface area contributed by atoms with Crippen LogP contribution in [-0.2, 0) is 25.3 Å². The van der Waals surface area contributed by atoms with Crippen LogP contribution in [0.15, 0.2) is 65.5 Å². The number of fused-ring (bicyclic) bond motifs is 2. The van der Waals surface area contributed by atoms with E-state index in [1.807, 2.05) is 53.7 Å². The zero-order valence-electron chi connectivity index (χ0n) is 34.9. The Bertz CT molecular complexity index is 2220. The Hall–Kier alpha value is -4.87. The average molecular weight is 799 g/mol. The zero-order chi connectivity index (χ0) is 43.1. The molecule has 57 heavy (non-hydrogen) atoms. The summed E-state index contributed by atoms with van der Waals surface area (Å²) in [6, 6.07) is 12.3. The summed E-state index contributed by atoms with van der Waals surface area (Å²) in [6.07, 6.45) is -1.32. The fourth-order valence-electron chi connectivity index (χ4n) is 6.74. The number of phenols is 1. The molecule has 5 aromatic rings. The molecule has 6 rings (SSSR count). The Labute approximate surface area is 332 Å². The fraction of sp³-hybridized carbons (Fsp3) is 0.444. The first-order chi connectivity index (χ1) is 26.7. The van der Waals surface area contributed by atoms with E-state index in [4.69, 9.17) is 4.98 Å². The molecule has 1 N–H and O–H groups in total. The van der Waals surface area contributed by atoms with Gasteiger partial charge in [0.2, 0.25) is 0 Å². The molecule has 0 radical (unpaired) electrons. The second kappa shape index (κ2) is 19.5. The molecule has 2 unspecified atom stereocenters. The SMILES string of the molecule is C=C(C)Cn1nc(C(F)F)c2c1C(F)(F)C(C)C2.CC.CCC.Cc1ccc2c(=O)n(-c3ccc(O)c(C)c3C)c(C(Cc3cc(F)cc(F)c3)C(C)C)nc2c1. The van der Waals surface area contributed by atoms with Crippen molar-refractivity contribution in [3.8, 4) is 11.4 Å². The van der Waals surface area contributed by atoms with Gasteiger partial charge in [0.1, 0.15) is 34.6 Å². The van der Waals surface area contributed by atoms with Crippen LogP contribution < -0.4 is 5.56 Å². The largest absolute Gasteiger partial charge is 0.508 e. The highest BCUT2D eigenvalue weighted by molar-refractivity contribution is 5.79. The summed E-state index contributed by atoms with van der Waals surface area (Å²) in [5.74, 6) is -4.96. The van der Waals surface area contributed by atoms with Crippen LogP contribution in [0.2, 0.25) is 0 Å². The molecule has 0 aliphatic heterocycles. The van der Waals surface area contributed by atoms with Gasteiger partial charge in [0, 0.05) is 23.5 Å². The first kappa shape index (κ1) is 46.5. The molecule has 2 heterocycles. The lowest BCUT2D eigenvalue weighted by Gasteiger charge is -2.26. The molecule has 12 heteroatoms. The molecular formula is C45H56F6N4O2. The van der Waals surface area contributed by atoms with E-state index in [0.29, 0.717) is 45.5 Å². The van der Waals surface area contributed by atoms with Crippen LogP contribution in [0, 0.1) is 44.2 Å². The second-order valence-corrected chi connectivity index (χ2v) is 14.9. The molecule has 0 spiro atoms. The summed E-state index contributed by atoms with van der Waals surface area (Å²) in [5, 5.41) is 14.3. The monoisotopic (exact) mass is 798 g/mol. The maximum atomic E-state index is 14.0. The summed E-state index contributed by atoms with van der Waals surface area (Å²) >= 11 is 0. The summed E-state index contributed by atoms with van der Waals surface area (Å²) in [5.41, 5.74) is 3.62. The lowest BCUT2D eigenvalue weighted by Crippen LogP contribution is -2.29. The Balaban J connectivity index is 0.000000317. The second-order valence-electron chi connectivity index (χ2n) is 14.9. The molecule has 1 aliphatic carbocycles. The predicted molar refractivity (Wildman–Crippen MR) is 217 cm³/mol. The molecular weight excluding hydrogens is 743 g/mol. The van der Waals surface area contributed by atoms with Gasteiger partial charge in [0.15, 0.2) is 0 Å². The molecule has 2 atom stereocenters.